The monoisotopic (exact) mass is 322 g/mol. The van der Waals surface area contributed by atoms with Crippen LogP contribution in [0.3, 0.4) is 0 Å². The number of pyridine rings is 1. The molecule has 4 heteroatoms. The zero-order valence-electron chi connectivity index (χ0n) is 13.9. The number of aromatic nitrogens is 1. The smallest absolute Gasteiger partial charge is 0.235 e. The minimum Gasteiger partial charge on any atom is -0.367 e. The van der Waals surface area contributed by atoms with E-state index >= 15 is 0 Å². The zero-order chi connectivity index (χ0) is 16.6. The molecular weight excluding hydrogens is 300 g/mol. The van der Waals surface area contributed by atoms with Gasteiger partial charge in [-0.15, -0.1) is 0 Å². The number of ether oxygens (including phenoxy) is 1. The van der Waals surface area contributed by atoms with Crippen LogP contribution < -0.4 is 0 Å². The summed E-state index contributed by atoms with van der Waals surface area (Å²) in [5.41, 5.74) is 1.17. The highest BCUT2D eigenvalue weighted by Gasteiger charge is 2.55. The highest BCUT2D eigenvalue weighted by Crippen LogP contribution is 2.49. The molecule has 24 heavy (non-hydrogen) atoms. The maximum atomic E-state index is 13.2. The Morgan fingerprint density at radius 3 is 2.54 bits per heavy atom. The summed E-state index contributed by atoms with van der Waals surface area (Å²) in [6.45, 7) is 3.87. The number of carbonyl (C=O) groups is 1. The molecule has 0 N–H and O–H groups in total. The highest BCUT2D eigenvalue weighted by molar-refractivity contribution is 5.91. The maximum Gasteiger partial charge on any atom is 0.235 e. The highest BCUT2D eigenvalue weighted by atomic mass is 16.5. The van der Waals surface area contributed by atoms with E-state index in [1.165, 1.54) is 0 Å². The van der Waals surface area contributed by atoms with Gasteiger partial charge in [0.2, 0.25) is 5.91 Å². The predicted molar refractivity (Wildman–Crippen MR) is 91.5 cm³/mol. The van der Waals surface area contributed by atoms with E-state index in [1.54, 1.807) is 6.20 Å². The van der Waals surface area contributed by atoms with Crippen molar-refractivity contribution < 1.29 is 9.53 Å². The van der Waals surface area contributed by atoms with Gasteiger partial charge in [-0.25, -0.2) is 0 Å². The van der Waals surface area contributed by atoms with Gasteiger partial charge in [-0.3, -0.25) is 9.78 Å². The van der Waals surface area contributed by atoms with Gasteiger partial charge in [0.15, 0.2) is 0 Å². The van der Waals surface area contributed by atoms with Gasteiger partial charge in [0.05, 0.1) is 24.3 Å². The first-order chi connectivity index (χ1) is 11.6. The zero-order valence-corrected chi connectivity index (χ0v) is 13.9. The molecule has 1 saturated carbocycles. The van der Waals surface area contributed by atoms with E-state index in [-0.39, 0.29) is 5.91 Å². The van der Waals surface area contributed by atoms with Crippen LogP contribution in [0.2, 0.25) is 0 Å². The minimum absolute atomic E-state index is 0.201. The lowest BCUT2D eigenvalue weighted by atomic mass is 9.92. The summed E-state index contributed by atoms with van der Waals surface area (Å²) >= 11 is 0. The van der Waals surface area contributed by atoms with Gasteiger partial charge in [-0.2, -0.15) is 0 Å². The molecule has 1 aromatic carbocycles. The fraction of sp³-hybridized carbons (Fsp3) is 0.400. The van der Waals surface area contributed by atoms with Crippen molar-refractivity contribution in [3.63, 3.8) is 0 Å². The summed E-state index contributed by atoms with van der Waals surface area (Å²) < 4.78 is 6.06. The second-order valence-corrected chi connectivity index (χ2v) is 6.97. The van der Waals surface area contributed by atoms with Crippen LogP contribution in [0.5, 0.6) is 0 Å². The van der Waals surface area contributed by atoms with Crippen molar-refractivity contribution in [1.82, 2.24) is 9.88 Å². The van der Waals surface area contributed by atoms with E-state index in [2.05, 4.69) is 24.0 Å². The largest absolute Gasteiger partial charge is 0.367 e. The van der Waals surface area contributed by atoms with Crippen molar-refractivity contribution in [3.05, 3.63) is 66.0 Å². The topological polar surface area (TPSA) is 42.4 Å². The van der Waals surface area contributed by atoms with Crippen molar-refractivity contribution in [2.24, 2.45) is 0 Å². The first-order valence-corrected chi connectivity index (χ1v) is 8.54. The number of hydrogen-bond donors (Lipinski definition) is 0. The third kappa shape index (κ3) is 2.51. The van der Waals surface area contributed by atoms with Crippen molar-refractivity contribution in [1.29, 1.82) is 0 Å². The van der Waals surface area contributed by atoms with Crippen LogP contribution in [-0.4, -0.2) is 35.5 Å². The van der Waals surface area contributed by atoms with Gasteiger partial charge >= 0.3 is 0 Å². The molecule has 1 unspecified atom stereocenters. The quantitative estimate of drug-likeness (QED) is 0.872. The van der Waals surface area contributed by atoms with Gasteiger partial charge < -0.3 is 9.64 Å². The molecule has 1 aliphatic carbocycles. The van der Waals surface area contributed by atoms with Crippen molar-refractivity contribution in [2.75, 3.05) is 19.7 Å². The van der Waals surface area contributed by atoms with Crippen LogP contribution in [-0.2, 0) is 20.5 Å². The average molecular weight is 322 g/mol. The molecule has 1 amide bonds. The Balaban J connectivity index is 1.58. The van der Waals surface area contributed by atoms with Crippen molar-refractivity contribution in [2.45, 2.75) is 30.8 Å². The molecule has 4 nitrogen and oxygen atoms in total. The lowest BCUT2D eigenvalue weighted by Gasteiger charge is -2.42. The van der Waals surface area contributed by atoms with Crippen molar-refractivity contribution in [3.8, 4) is 0 Å². The van der Waals surface area contributed by atoms with Crippen LogP contribution in [0, 0.1) is 0 Å². The van der Waals surface area contributed by atoms with E-state index in [9.17, 15) is 4.79 Å². The lowest BCUT2D eigenvalue weighted by Crippen LogP contribution is -2.53. The Morgan fingerprint density at radius 2 is 1.88 bits per heavy atom. The number of nitrogens with zero attached hydrogens (tertiary/aromatic N) is 2. The molecule has 2 aliphatic rings. The average Bonchev–Trinajstić information content (AvgIpc) is 3.45. The molecular formula is C20H22N2O2. The number of benzene rings is 1. The summed E-state index contributed by atoms with van der Waals surface area (Å²) in [7, 11) is 0. The third-order valence-corrected chi connectivity index (χ3v) is 5.26. The Kier molecular flexibility index (Phi) is 3.65. The number of carbonyl (C=O) groups excluding carboxylic acids is 1. The number of amides is 1. The number of morpholine rings is 1. The SMILES string of the molecule is CC1(c2ccccc2)CN(C(=O)C2(c3ccccn3)CC2)CCO1. The van der Waals surface area contributed by atoms with E-state index in [0.29, 0.717) is 19.7 Å². The van der Waals surface area contributed by atoms with Crippen LogP contribution in [0.4, 0.5) is 0 Å². The summed E-state index contributed by atoms with van der Waals surface area (Å²) in [6, 6.07) is 16.0. The van der Waals surface area contributed by atoms with Gasteiger partial charge in [-0.1, -0.05) is 36.4 Å². The fourth-order valence-electron chi connectivity index (χ4n) is 3.66. The van der Waals surface area contributed by atoms with E-state index in [1.807, 2.05) is 41.3 Å². The summed E-state index contributed by atoms with van der Waals surface area (Å²) in [5.74, 6) is 0.201. The van der Waals surface area contributed by atoms with Crippen LogP contribution in [0.15, 0.2) is 54.7 Å². The van der Waals surface area contributed by atoms with Gasteiger partial charge in [0.25, 0.3) is 0 Å². The predicted octanol–water partition coefficient (Wildman–Crippen LogP) is 2.89. The molecule has 1 aliphatic heterocycles. The standard InChI is InChI=1S/C20H22N2O2/c1-19(16-7-3-2-4-8-16)15-22(13-14-24-19)18(23)20(10-11-20)17-9-5-6-12-21-17/h2-9,12H,10-11,13-15H2,1H3. The molecule has 0 spiro atoms. The molecule has 2 aromatic rings. The molecule has 2 heterocycles. The number of hydrogen-bond acceptors (Lipinski definition) is 3. The van der Waals surface area contributed by atoms with Gasteiger partial charge in [-0.05, 0) is 37.5 Å². The molecule has 2 fully saturated rings. The molecule has 124 valence electrons. The molecule has 1 saturated heterocycles. The lowest BCUT2D eigenvalue weighted by molar-refractivity contribution is -0.152. The van der Waals surface area contributed by atoms with Crippen LogP contribution in [0.1, 0.15) is 31.0 Å². The summed E-state index contributed by atoms with van der Waals surface area (Å²) in [5, 5.41) is 0. The third-order valence-electron chi connectivity index (χ3n) is 5.26. The van der Waals surface area contributed by atoms with Crippen LogP contribution in [0.25, 0.3) is 0 Å². The fourth-order valence-corrected chi connectivity index (χ4v) is 3.66. The Hall–Kier alpha value is -2.20. The summed E-state index contributed by atoms with van der Waals surface area (Å²) in [6.07, 6.45) is 3.56. The van der Waals surface area contributed by atoms with E-state index in [0.717, 1.165) is 24.1 Å². The number of rotatable bonds is 3. The normalized spacial score (nSPS) is 25.3. The minimum atomic E-state index is -0.449. The Morgan fingerprint density at radius 1 is 1.12 bits per heavy atom. The Labute approximate surface area is 142 Å². The molecule has 4 rings (SSSR count). The first kappa shape index (κ1) is 15.3. The molecule has 1 aromatic heterocycles. The second kappa shape index (κ2) is 5.71. The van der Waals surface area contributed by atoms with Crippen molar-refractivity contribution >= 4 is 5.91 Å². The van der Waals surface area contributed by atoms with Gasteiger partial charge in [0, 0.05) is 12.7 Å². The summed E-state index contributed by atoms with van der Waals surface area (Å²) in [4.78, 5) is 19.6. The molecule has 0 bridgehead atoms. The van der Waals surface area contributed by atoms with Crippen LogP contribution >= 0.6 is 0 Å². The Bertz CT molecular complexity index is 728. The van der Waals surface area contributed by atoms with E-state index < -0.39 is 11.0 Å². The maximum absolute atomic E-state index is 13.2. The van der Waals surface area contributed by atoms with E-state index in [4.69, 9.17) is 4.74 Å². The first-order valence-electron chi connectivity index (χ1n) is 8.54. The second-order valence-electron chi connectivity index (χ2n) is 6.97. The van der Waals surface area contributed by atoms with Gasteiger partial charge in [0.1, 0.15) is 5.60 Å². The molecule has 0 radical (unpaired) electrons. The molecule has 1 atom stereocenters.